The topological polar surface area (TPSA) is 114 Å². The summed E-state index contributed by atoms with van der Waals surface area (Å²) in [5.74, 6) is -0.212. The molecule has 2 rings (SSSR count). The molecule has 0 aliphatic heterocycles. The van der Waals surface area contributed by atoms with E-state index < -0.39 is 5.91 Å². The molecule has 2 heterocycles. The smallest absolute Gasteiger partial charge is 0.275 e. The molecule has 0 spiro atoms. The summed E-state index contributed by atoms with van der Waals surface area (Å²) in [5, 5.41) is 8.31. The normalized spacial score (nSPS) is 9.88. The number of anilines is 2. The van der Waals surface area contributed by atoms with Gasteiger partial charge in [0.15, 0.2) is 5.82 Å². The lowest BCUT2D eigenvalue weighted by molar-refractivity contribution is 0.102. The van der Waals surface area contributed by atoms with Gasteiger partial charge in [-0.2, -0.15) is 5.10 Å². The number of aromatic nitrogens is 3. The second-order valence-electron chi connectivity index (χ2n) is 3.23. The highest BCUT2D eigenvalue weighted by atomic mass is 16.2. The van der Waals surface area contributed by atoms with E-state index in [4.69, 9.17) is 5.73 Å². The van der Waals surface area contributed by atoms with Gasteiger partial charge in [0.2, 0.25) is 0 Å². The summed E-state index contributed by atoms with van der Waals surface area (Å²) in [6.07, 6.45) is 1.44. The third-order valence-electron chi connectivity index (χ3n) is 1.94. The molecule has 1 amide bonds. The molecule has 0 aromatic carbocycles. The molecular weight excluding hydrogens is 222 g/mol. The Kier molecular flexibility index (Phi) is 2.82. The van der Waals surface area contributed by atoms with Gasteiger partial charge >= 0.3 is 0 Å². The van der Waals surface area contributed by atoms with Crippen molar-refractivity contribution in [2.75, 3.05) is 11.1 Å². The number of carbonyl (C=O) groups excluding carboxylic acids is 1. The first kappa shape index (κ1) is 10.8. The first-order valence-electron chi connectivity index (χ1n) is 4.74. The van der Waals surface area contributed by atoms with Crippen LogP contribution >= 0.6 is 0 Å². The third-order valence-corrected chi connectivity index (χ3v) is 1.94. The summed E-state index contributed by atoms with van der Waals surface area (Å²) in [6.45, 7) is 0. The Balaban J connectivity index is 2.17. The van der Waals surface area contributed by atoms with Gasteiger partial charge in [-0.1, -0.05) is 0 Å². The van der Waals surface area contributed by atoms with Crippen molar-refractivity contribution in [1.82, 2.24) is 15.2 Å². The van der Waals surface area contributed by atoms with Crippen molar-refractivity contribution in [1.29, 1.82) is 0 Å². The average Bonchev–Trinajstić information content (AvgIpc) is 2.32. The minimum atomic E-state index is -0.447. The first-order valence-corrected chi connectivity index (χ1v) is 4.74. The van der Waals surface area contributed by atoms with E-state index in [0.29, 0.717) is 5.69 Å². The molecule has 0 unspecified atom stereocenters. The summed E-state index contributed by atoms with van der Waals surface area (Å²) in [7, 11) is 0. The number of H-pyrrole nitrogens is 1. The Morgan fingerprint density at radius 3 is 2.82 bits per heavy atom. The van der Waals surface area contributed by atoms with E-state index in [1.807, 2.05) is 0 Å². The largest absolute Gasteiger partial charge is 0.399 e. The number of pyridine rings is 1. The zero-order valence-electron chi connectivity index (χ0n) is 8.68. The van der Waals surface area contributed by atoms with Gasteiger partial charge in [-0.3, -0.25) is 14.6 Å². The fourth-order valence-corrected chi connectivity index (χ4v) is 1.17. The number of nitrogens with two attached hydrogens (primary N) is 1. The van der Waals surface area contributed by atoms with Crippen molar-refractivity contribution in [3.63, 3.8) is 0 Å². The Bertz CT molecular complexity index is 587. The van der Waals surface area contributed by atoms with Gasteiger partial charge in [0.25, 0.3) is 11.5 Å². The number of nitrogen functional groups attached to an aromatic ring is 1. The molecule has 2 aromatic rings. The van der Waals surface area contributed by atoms with Crippen LogP contribution in [0.4, 0.5) is 11.5 Å². The number of hydrogen-bond donors (Lipinski definition) is 3. The molecule has 0 aliphatic carbocycles. The van der Waals surface area contributed by atoms with E-state index >= 15 is 0 Å². The van der Waals surface area contributed by atoms with E-state index in [2.05, 4.69) is 20.5 Å². The Morgan fingerprint density at radius 2 is 2.18 bits per heavy atom. The predicted molar refractivity (Wildman–Crippen MR) is 61.5 cm³/mol. The SMILES string of the molecule is Nc1ccnc(C(=O)Nc2ccc(=O)[nH]n2)c1. The van der Waals surface area contributed by atoms with Crippen molar-refractivity contribution in [3.8, 4) is 0 Å². The molecule has 0 fully saturated rings. The molecule has 0 saturated carbocycles. The minimum Gasteiger partial charge on any atom is -0.399 e. The monoisotopic (exact) mass is 231 g/mol. The van der Waals surface area contributed by atoms with E-state index in [1.54, 1.807) is 6.07 Å². The van der Waals surface area contributed by atoms with Crippen LogP contribution in [0, 0.1) is 0 Å². The van der Waals surface area contributed by atoms with Crippen LogP contribution in [0.2, 0.25) is 0 Å². The van der Waals surface area contributed by atoms with Crippen LogP contribution < -0.4 is 16.6 Å². The van der Waals surface area contributed by atoms with Crippen molar-refractivity contribution < 1.29 is 4.79 Å². The summed E-state index contributed by atoms with van der Waals surface area (Å²) in [5.41, 5.74) is 5.81. The quantitative estimate of drug-likeness (QED) is 0.673. The van der Waals surface area contributed by atoms with Crippen LogP contribution in [0.5, 0.6) is 0 Å². The fourth-order valence-electron chi connectivity index (χ4n) is 1.17. The molecule has 0 atom stereocenters. The highest BCUT2D eigenvalue weighted by Gasteiger charge is 2.08. The maximum absolute atomic E-state index is 11.7. The Labute approximate surface area is 95.7 Å². The summed E-state index contributed by atoms with van der Waals surface area (Å²) < 4.78 is 0. The molecule has 0 saturated heterocycles. The van der Waals surface area contributed by atoms with Crippen molar-refractivity contribution in [2.24, 2.45) is 0 Å². The Hall–Kier alpha value is -2.70. The highest BCUT2D eigenvalue weighted by molar-refractivity contribution is 6.02. The number of aromatic amines is 1. The van der Waals surface area contributed by atoms with Gasteiger partial charge in [0.05, 0.1) is 0 Å². The van der Waals surface area contributed by atoms with Crippen LogP contribution in [0.15, 0.2) is 35.3 Å². The number of hydrogen-bond acceptors (Lipinski definition) is 5. The van der Waals surface area contributed by atoms with Crippen LogP contribution in [0.25, 0.3) is 0 Å². The van der Waals surface area contributed by atoms with Gasteiger partial charge in [-0.05, 0) is 18.2 Å². The molecule has 2 aromatic heterocycles. The fraction of sp³-hybridized carbons (Fsp3) is 0. The molecule has 86 valence electrons. The molecule has 17 heavy (non-hydrogen) atoms. The second-order valence-corrected chi connectivity index (χ2v) is 3.23. The lowest BCUT2D eigenvalue weighted by atomic mass is 10.3. The predicted octanol–water partition coefficient (Wildman–Crippen LogP) is -0.000600. The molecule has 0 radical (unpaired) electrons. The van der Waals surface area contributed by atoms with Crippen molar-refractivity contribution in [2.45, 2.75) is 0 Å². The maximum Gasteiger partial charge on any atom is 0.275 e. The van der Waals surface area contributed by atoms with Crippen LogP contribution in [-0.4, -0.2) is 21.1 Å². The zero-order valence-corrected chi connectivity index (χ0v) is 8.68. The van der Waals surface area contributed by atoms with Gasteiger partial charge < -0.3 is 11.1 Å². The summed E-state index contributed by atoms with van der Waals surface area (Å²) in [4.78, 5) is 26.3. The average molecular weight is 231 g/mol. The molecule has 7 nitrogen and oxygen atoms in total. The summed E-state index contributed by atoms with van der Waals surface area (Å²) >= 11 is 0. The number of nitrogens with one attached hydrogen (secondary N) is 2. The third kappa shape index (κ3) is 2.65. The van der Waals surface area contributed by atoms with Crippen LogP contribution in [0.1, 0.15) is 10.5 Å². The molecule has 0 aliphatic rings. The number of nitrogens with zero attached hydrogens (tertiary/aromatic N) is 2. The van der Waals surface area contributed by atoms with E-state index in [9.17, 15) is 9.59 Å². The molecule has 7 heteroatoms. The van der Waals surface area contributed by atoms with Gasteiger partial charge in [-0.25, -0.2) is 5.10 Å². The maximum atomic E-state index is 11.7. The number of rotatable bonds is 2. The molecular formula is C10H9N5O2. The number of amides is 1. The lowest BCUT2D eigenvalue weighted by Crippen LogP contribution is -2.17. The van der Waals surface area contributed by atoms with Crippen LogP contribution in [0.3, 0.4) is 0 Å². The second kappa shape index (κ2) is 4.44. The summed E-state index contributed by atoms with van der Waals surface area (Å²) in [6, 6.07) is 5.68. The molecule has 0 bridgehead atoms. The first-order chi connectivity index (χ1) is 8.15. The Morgan fingerprint density at radius 1 is 1.35 bits per heavy atom. The number of carbonyl (C=O) groups is 1. The van der Waals surface area contributed by atoms with E-state index in [1.165, 1.54) is 24.4 Å². The van der Waals surface area contributed by atoms with E-state index in [-0.39, 0.29) is 17.1 Å². The van der Waals surface area contributed by atoms with Crippen molar-refractivity contribution in [3.05, 3.63) is 46.5 Å². The van der Waals surface area contributed by atoms with Gasteiger partial charge in [0, 0.05) is 18.0 Å². The van der Waals surface area contributed by atoms with Gasteiger partial charge in [-0.15, -0.1) is 0 Å². The standard InChI is InChI=1S/C10H9N5O2/c11-6-3-4-12-7(5-6)10(17)13-8-1-2-9(16)15-14-8/h1-5H,(H2,11,12)(H,15,16)(H,13,14,17). The lowest BCUT2D eigenvalue weighted by Gasteiger charge is -2.03. The van der Waals surface area contributed by atoms with Crippen LogP contribution in [-0.2, 0) is 0 Å². The van der Waals surface area contributed by atoms with E-state index in [0.717, 1.165) is 0 Å². The van der Waals surface area contributed by atoms with Crippen molar-refractivity contribution >= 4 is 17.4 Å². The minimum absolute atomic E-state index is 0.179. The zero-order chi connectivity index (χ0) is 12.3. The molecule has 4 N–H and O–H groups in total. The highest BCUT2D eigenvalue weighted by Crippen LogP contribution is 2.05. The van der Waals surface area contributed by atoms with Gasteiger partial charge in [0.1, 0.15) is 5.69 Å².